The fourth-order valence-corrected chi connectivity index (χ4v) is 3.98. The lowest BCUT2D eigenvalue weighted by Gasteiger charge is -2.17. The molecule has 0 rings (SSSR count). The van der Waals surface area contributed by atoms with E-state index in [0.717, 1.165) is 45.6 Å². The molecule has 0 saturated carbocycles. The van der Waals surface area contributed by atoms with Crippen LogP contribution in [0.5, 0.6) is 0 Å². The molecular formula is C26H55N3O. The van der Waals surface area contributed by atoms with Gasteiger partial charge in [-0.15, -0.1) is 0 Å². The summed E-state index contributed by atoms with van der Waals surface area (Å²) in [5.41, 5.74) is 0. The van der Waals surface area contributed by atoms with E-state index in [9.17, 15) is 4.79 Å². The Morgan fingerprint density at radius 3 is 1.30 bits per heavy atom. The zero-order chi connectivity index (χ0) is 22.1. The highest BCUT2D eigenvalue weighted by Crippen LogP contribution is 2.13. The minimum atomic E-state index is -0.00416. The molecule has 0 saturated heterocycles. The van der Waals surface area contributed by atoms with E-state index in [-0.39, 0.29) is 6.03 Å². The Hall–Kier alpha value is -0.770. The molecular weight excluding hydrogens is 370 g/mol. The van der Waals surface area contributed by atoms with Gasteiger partial charge in [0.05, 0.1) is 0 Å². The van der Waals surface area contributed by atoms with Crippen molar-refractivity contribution in [2.45, 2.75) is 130 Å². The molecule has 180 valence electrons. The second-order valence-corrected chi connectivity index (χ2v) is 8.87. The molecule has 0 unspecified atom stereocenters. The van der Waals surface area contributed by atoms with Crippen LogP contribution in [0.25, 0.3) is 0 Å². The maximum atomic E-state index is 11.8. The Kier molecular flexibility index (Phi) is 23.9. The quantitative estimate of drug-likeness (QED) is 0.169. The highest BCUT2D eigenvalue weighted by molar-refractivity contribution is 5.73. The predicted octanol–water partition coefficient (Wildman–Crippen LogP) is 7.28. The zero-order valence-electron chi connectivity index (χ0n) is 20.9. The maximum absolute atomic E-state index is 11.8. The van der Waals surface area contributed by atoms with Crippen LogP contribution in [0.4, 0.5) is 4.79 Å². The van der Waals surface area contributed by atoms with Crippen molar-refractivity contribution in [2.75, 3.05) is 32.7 Å². The second-order valence-electron chi connectivity index (χ2n) is 8.87. The van der Waals surface area contributed by atoms with Crippen LogP contribution in [-0.2, 0) is 0 Å². The van der Waals surface area contributed by atoms with E-state index >= 15 is 0 Å². The third-order valence-corrected chi connectivity index (χ3v) is 6.15. The first kappa shape index (κ1) is 29.2. The van der Waals surface area contributed by atoms with Gasteiger partial charge in [-0.1, -0.05) is 117 Å². The van der Waals surface area contributed by atoms with Crippen LogP contribution in [-0.4, -0.2) is 43.7 Å². The number of hydrogen-bond donors (Lipinski definition) is 2. The number of nitrogens with one attached hydrogen (secondary N) is 2. The first-order chi connectivity index (χ1) is 14.7. The van der Waals surface area contributed by atoms with Crippen LogP contribution in [0.3, 0.4) is 0 Å². The van der Waals surface area contributed by atoms with Gasteiger partial charge in [-0.05, 0) is 32.5 Å². The van der Waals surface area contributed by atoms with Crippen molar-refractivity contribution >= 4 is 6.03 Å². The van der Waals surface area contributed by atoms with Gasteiger partial charge in [0.25, 0.3) is 0 Å². The fraction of sp³-hybridized carbons (Fsp3) is 0.962. The first-order valence-electron chi connectivity index (χ1n) is 13.5. The molecule has 0 spiro atoms. The molecule has 4 heteroatoms. The average Bonchev–Trinajstić information content (AvgIpc) is 2.76. The molecule has 0 fully saturated rings. The zero-order valence-corrected chi connectivity index (χ0v) is 20.9. The van der Waals surface area contributed by atoms with Crippen LogP contribution in [0.15, 0.2) is 0 Å². The number of carbonyl (C=O) groups excluding carboxylic acids is 1. The Balaban J connectivity index is 3.17. The minimum absolute atomic E-state index is 0.00416. The van der Waals surface area contributed by atoms with Crippen LogP contribution in [0.2, 0.25) is 0 Å². The van der Waals surface area contributed by atoms with Crippen LogP contribution in [0, 0.1) is 0 Å². The number of carbonyl (C=O) groups is 1. The summed E-state index contributed by atoms with van der Waals surface area (Å²) in [5.74, 6) is 0. The van der Waals surface area contributed by atoms with E-state index in [1.54, 1.807) is 0 Å². The van der Waals surface area contributed by atoms with E-state index < -0.39 is 0 Å². The lowest BCUT2D eigenvalue weighted by molar-refractivity contribution is 0.239. The number of urea groups is 1. The van der Waals surface area contributed by atoms with E-state index in [1.165, 1.54) is 96.3 Å². The van der Waals surface area contributed by atoms with Crippen molar-refractivity contribution in [3.8, 4) is 0 Å². The van der Waals surface area contributed by atoms with Gasteiger partial charge in [-0.25, -0.2) is 4.79 Å². The van der Waals surface area contributed by atoms with Gasteiger partial charge in [0.1, 0.15) is 0 Å². The van der Waals surface area contributed by atoms with Gasteiger partial charge in [-0.3, -0.25) is 0 Å². The lowest BCUT2D eigenvalue weighted by atomic mass is 10.0. The summed E-state index contributed by atoms with van der Waals surface area (Å²) in [6.45, 7) is 11.5. The largest absolute Gasteiger partial charge is 0.338 e. The van der Waals surface area contributed by atoms with Crippen LogP contribution < -0.4 is 10.6 Å². The molecule has 0 heterocycles. The van der Waals surface area contributed by atoms with Gasteiger partial charge in [0.2, 0.25) is 0 Å². The van der Waals surface area contributed by atoms with Crippen LogP contribution >= 0.6 is 0 Å². The standard InChI is InChI=1S/C26H55N3O/c1-4-7-8-9-10-11-12-13-14-15-16-17-18-19-20-21-23-27-26(30)28-24-22-25-29(5-2)6-3/h4-25H2,1-3H3,(H2,27,28,30). The number of hydrogen-bond acceptors (Lipinski definition) is 2. The van der Waals surface area contributed by atoms with Gasteiger partial charge < -0.3 is 15.5 Å². The molecule has 0 radical (unpaired) electrons. The van der Waals surface area contributed by atoms with Crippen molar-refractivity contribution in [2.24, 2.45) is 0 Å². The molecule has 2 amide bonds. The van der Waals surface area contributed by atoms with E-state index in [1.807, 2.05) is 0 Å². The van der Waals surface area contributed by atoms with Crippen molar-refractivity contribution < 1.29 is 4.79 Å². The molecule has 0 aromatic carbocycles. The summed E-state index contributed by atoms with van der Waals surface area (Å²) >= 11 is 0. The summed E-state index contributed by atoms with van der Waals surface area (Å²) < 4.78 is 0. The number of amides is 2. The summed E-state index contributed by atoms with van der Waals surface area (Å²) in [6, 6.07) is -0.00416. The molecule has 0 bridgehead atoms. The molecule has 2 N–H and O–H groups in total. The second kappa shape index (κ2) is 24.5. The third-order valence-electron chi connectivity index (χ3n) is 6.15. The van der Waals surface area contributed by atoms with Gasteiger partial charge >= 0.3 is 6.03 Å². The summed E-state index contributed by atoms with van der Waals surface area (Å²) in [7, 11) is 0. The Bertz CT molecular complexity index is 345. The molecule has 30 heavy (non-hydrogen) atoms. The van der Waals surface area contributed by atoms with E-state index in [2.05, 4.69) is 36.3 Å². The monoisotopic (exact) mass is 425 g/mol. The van der Waals surface area contributed by atoms with Crippen molar-refractivity contribution in [3.05, 3.63) is 0 Å². The highest BCUT2D eigenvalue weighted by atomic mass is 16.2. The number of nitrogens with zero attached hydrogens (tertiary/aromatic N) is 1. The van der Waals surface area contributed by atoms with Gasteiger partial charge in [0, 0.05) is 13.1 Å². The Labute approximate surface area is 189 Å². The number of rotatable bonds is 23. The molecule has 4 nitrogen and oxygen atoms in total. The smallest absolute Gasteiger partial charge is 0.314 e. The first-order valence-corrected chi connectivity index (χ1v) is 13.5. The summed E-state index contributed by atoms with van der Waals surface area (Å²) in [5, 5.41) is 5.95. The van der Waals surface area contributed by atoms with Crippen molar-refractivity contribution in [3.63, 3.8) is 0 Å². The Morgan fingerprint density at radius 2 is 0.900 bits per heavy atom. The highest BCUT2D eigenvalue weighted by Gasteiger charge is 2.01. The topological polar surface area (TPSA) is 44.4 Å². The fourth-order valence-electron chi connectivity index (χ4n) is 3.98. The van der Waals surface area contributed by atoms with Gasteiger partial charge in [-0.2, -0.15) is 0 Å². The number of unbranched alkanes of at least 4 members (excludes halogenated alkanes) is 15. The molecule has 0 aliphatic carbocycles. The van der Waals surface area contributed by atoms with E-state index in [0.29, 0.717) is 0 Å². The predicted molar refractivity (Wildman–Crippen MR) is 133 cm³/mol. The molecule has 0 aromatic heterocycles. The minimum Gasteiger partial charge on any atom is -0.338 e. The summed E-state index contributed by atoms with van der Waals surface area (Å²) in [6.07, 6.45) is 23.1. The normalized spacial score (nSPS) is 11.2. The van der Waals surface area contributed by atoms with Gasteiger partial charge in [0.15, 0.2) is 0 Å². The van der Waals surface area contributed by atoms with E-state index in [4.69, 9.17) is 0 Å². The van der Waals surface area contributed by atoms with Crippen LogP contribution in [0.1, 0.15) is 130 Å². The van der Waals surface area contributed by atoms with Crippen molar-refractivity contribution in [1.82, 2.24) is 15.5 Å². The third kappa shape index (κ3) is 21.9. The lowest BCUT2D eigenvalue weighted by Crippen LogP contribution is -2.37. The molecule has 0 aliphatic heterocycles. The Morgan fingerprint density at radius 1 is 0.533 bits per heavy atom. The van der Waals surface area contributed by atoms with Crippen molar-refractivity contribution in [1.29, 1.82) is 0 Å². The SMILES string of the molecule is CCCCCCCCCCCCCCCCCCNC(=O)NCCCN(CC)CC. The molecule has 0 aromatic rings. The summed E-state index contributed by atoms with van der Waals surface area (Å²) in [4.78, 5) is 14.1. The average molecular weight is 426 g/mol. The maximum Gasteiger partial charge on any atom is 0.314 e. The molecule has 0 aliphatic rings. The molecule has 0 atom stereocenters.